The van der Waals surface area contributed by atoms with Gasteiger partial charge in [0.15, 0.2) is 0 Å². The van der Waals surface area contributed by atoms with Gasteiger partial charge in [-0.15, -0.1) is 0 Å². The van der Waals surface area contributed by atoms with E-state index >= 15 is 0 Å². The van der Waals surface area contributed by atoms with E-state index in [1.807, 2.05) is 6.07 Å². The lowest BCUT2D eigenvalue weighted by Gasteiger charge is -2.07. The van der Waals surface area contributed by atoms with E-state index < -0.39 is 12.0 Å². The van der Waals surface area contributed by atoms with Gasteiger partial charge in [-0.25, -0.2) is 4.79 Å². The van der Waals surface area contributed by atoms with Crippen molar-refractivity contribution >= 4 is 17.7 Å². The number of amides is 2. The Balaban J connectivity index is 2.03. The summed E-state index contributed by atoms with van der Waals surface area (Å²) in [7, 11) is 0. The van der Waals surface area contributed by atoms with Crippen molar-refractivity contribution in [3.63, 3.8) is 0 Å². The molecule has 19 heavy (non-hydrogen) atoms. The molecule has 0 aliphatic carbocycles. The molecule has 3 N–H and O–H groups in total. The fraction of sp³-hybridized carbons (Fsp3) is 0. The number of carbonyl (C=O) groups is 2. The van der Waals surface area contributed by atoms with Gasteiger partial charge in [-0.1, -0.05) is 24.3 Å². The van der Waals surface area contributed by atoms with E-state index in [-0.39, 0.29) is 0 Å². The van der Waals surface area contributed by atoms with E-state index in [0.717, 1.165) is 0 Å². The standard InChI is InChI=1S/C14H12N2O3/c15-13(17)10-5-4-6-11(9-10)16-14(18)19-12-7-2-1-3-8-12/h1-9H,(H2,15,17)(H,16,18). The minimum Gasteiger partial charge on any atom is -0.410 e. The van der Waals surface area contributed by atoms with Gasteiger partial charge in [0.2, 0.25) is 5.91 Å². The molecule has 5 heteroatoms. The highest BCUT2D eigenvalue weighted by Gasteiger charge is 2.06. The highest BCUT2D eigenvalue weighted by Crippen LogP contribution is 2.13. The fourth-order valence-corrected chi connectivity index (χ4v) is 1.49. The van der Waals surface area contributed by atoms with Crippen LogP contribution in [0, 0.1) is 0 Å². The predicted molar refractivity (Wildman–Crippen MR) is 71.0 cm³/mol. The molecule has 0 radical (unpaired) electrons. The van der Waals surface area contributed by atoms with E-state index in [0.29, 0.717) is 17.0 Å². The van der Waals surface area contributed by atoms with Gasteiger partial charge in [0, 0.05) is 11.3 Å². The third kappa shape index (κ3) is 3.57. The largest absolute Gasteiger partial charge is 0.417 e. The minimum atomic E-state index is -0.632. The van der Waals surface area contributed by atoms with E-state index in [1.54, 1.807) is 42.5 Å². The van der Waals surface area contributed by atoms with Crippen LogP contribution in [0.2, 0.25) is 0 Å². The summed E-state index contributed by atoms with van der Waals surface area (Å²) in [6.07, 6.45) is -0.632. The van der Waals surface area contributed by atoms with Crippen molar-refractivity contribution in [2.24, 2.45) is 5.73 Å². The second kappa shape index (κ2) is 5.68. The van der Waals surface area contributed by atoms with Crippen LogP contribution in [-0.4, -0.2) is 12.0 Å². The topological polar surface area (TPSA) is 81.4 Å². The molecule has 5 nitrogen and oxygen atoms in total. The van der Waals surface area contributed by atoms with Gasteiger partial charge in [0.1, 0.15) is 5.75 Å². The van der Waals surface area contributed by atoms with Gasteiger partial charge in [-0.2, -0.15) is 0 Å². The zero-order chi connectivity index (χ0) is 13.7. The van der Waals surface area contributed by atoms with Crippen molar-refractivity contribution in [3.05, 3.63) is 60.2 Å². The second-order valence-corrected chi connectivity index (χ2v) is 3.77. The number of benzene rings is 2. The van der Waals surface area contributed by atoms with E-state index in [4.69, 9.17) is 10.5 Å². The van der Waals surface area contributed by atoms with Gasteiger partial charge in [-0.3, -0.25) is 10.1 Å². The first kappa shape index (κ1) is 12.6. The number of ether oxygens (including phenoxy) is 1. The third-order valence-electron chi connectivity index (χ3n) is 2.35. The van der Waals surface area contributed by atoms with Crippen molar-refractivity contribution in [3.8, 4) is 5.75 Å². The SMILES string of the molecule is NC(=O)c1cccc(NC(=O)Oc2ccccc2)c1. The molecule has 0 aliphatic rings. The number of hydrogen-bond acceptors (Lipinski definition) is 3. The molecule has 0 spiro atoms. The first-order valence-electron chi connectivity index (χ1n) is 5.59. The summed E-state index contributed by atoms with van der Waals surface area (Å²) < 4.78 is 5.05. The van der Waals surface area contributed by atoms with Crippen molar-refractivity contribution in [2.75, 3.05) is 5.32 Å². The van der Waals surface area contributed by atoms with Crippen molar-refractivity contribution in [1.29, 1.82) is 0 Å². The monoisotopic (exact) mass is 256 g/mol. The lowest BCUT2D eigenvalue weighted by Crippen LogP contribution is -2.17. The summed E-state index contributed by atoms with van der Waals surface area (Å²) >= 11 is 0. The summed E-state index contributed by atoms with van der Waals surface area (Å²) in [4.78, 5) is 22.6. The zero-order valence-corrected chi connectivity index (χ0v) is 10.00. The maximum atomic E-state index is 11.6. The maximum Gasteiger partial charge on any atom is 0.417 e. The van der Waals surface area contributed by atoms with Crippen LogP contribution in [0.5, 0.6) is 5.75 Å². The summed E-state index contributed by atoms with van der Waals surface area (Å²) in [5.74, 6) is -0.119. The Labute approximate surface area is 110 Å². The molecule has 2 aromatic carbocycles. The Morgan fingerprint density at radius 2 is 1.74 bits per heavy atom. The number of primary amides is 1. The quantitative estimate of drug-likeness (QED) is 0.884. The first-order chi connectivity index (χ1) is 9.15. The summed E-state index contributed by atoms with van der Waals surface area (Å²) in [6.45, 7) is 0. The van der Waals surface area contributed by atoms with Crippen LogP contribution in [0.25, 0.3) is 0 Å². The number of nitrogens with two attached hydrogens (primary N) is 1. The molecule has 2 rings (SSSR count). The van der Waals surface area contributed by atoms with E-state index in [1.165, 1.54) is 6.07 Å². The Hall–Kier alpha value is -2.82. The highest BCUT2D eigenvalue weighted by atomic mass is 16.6. The van der Waals surface area contributed by atoms with Gasteiger partial charge in [0.25, 0.3) is 0 Å². The molecule has 2 aromatic rings. The molecule has 0 fully saturated rings. The molecule has 2 amide bonds. The summed E-state index contributed by atoms with van der Waals surface area (Å²) in [5.41, 5.74) is 5.91. The van der Waals surface area contributed by atoms with Crippen molar-refractivity contribution in [1.82, 2.24) is 0 Å². The van der Waals surface area contributed by atoms with Gasteiger partial charge < -0.3 is 10.5 Å². The van der Waals surface area contributed by atoms with Crippen LogP contribution in [0.4, 0.5) is 10.5 Å². The molecule has 96 valence electrons. The lowest BCUT2D eigenvalue weighted by atomic mass is 10.2. The molecule has 0 bridgehead atoms. The van der Waals surface area contributed by atoms with Crippen molar-refractivity contribution in [2.45, 2.75) is 0 Å². The molecule has 0 unspecified atom stereocenters. The zero-order valence-electron chi connectivity index (χ0n) is 10.00. The first-order valence-corrected chi connectivity index (χ1v) is 5.59. The number of rotatable bonds is 3. The van der Waals surface area contributed by atoms with Crippen LogP contribution in [0.3, 0.4) is 0 Å². The number of nitrogens with one attached hydrogen (secondary N) is 1. The Morgan fingerprint density at radius 3 is 2.42 bits per heavy atom. The van der Waals surface area contributed by atoms with Crippen LogP contribution in [-0.2, 0) is 0 Å². The molecular weight excluding hydrogens is 244 g/mol. The predicted octanol–water partition coefficient (Wildman–Crippen LogP) is 2.40. The van der Waals surface area contributed by atoms with Gasteiger partial charge in [0.05, 0.1) is 0 Å². The third-order valence-corrected chi connectivity index (χ3v) is 2.35. The van der Waals surface area contributed by atoms with Gasteiger partial charge in [-0.05, 0) is 30.3 Å². The summed E-state index contributed by atoms with van der Waals surface area (Å²) in [6, 6.07) is 15.0. The maximum absolute atomic E-state index is 11.6. The number of para-hydroxylation sites is 1. The number of hydrogen-bond donors (Lipinski definition) is 2. The summed E-state index contributed by atoms with van der Waals surface area (Å²) in [5, 5.41) is 2.52. The highest BCUT2D eigenvalue weighted by molar-refractivity contribution is 5.95. The van der Waals surface area contributed by atoms with Crippen LogP contribution < -0.4 is 15.8 Å². The molecular formula is C14H12N2O3. The minimum absolute atomic E-state index is 0.317. The lowest BCUT2D eigenvalue weighted by molar-refractivity contribution is 0.1000. The molecule has 0 atom stereocenters. The average Bonchev–Trinajstić information content (AvgIpc) is 2.40. The van der Waals surface area contributed by atoms with E-state index in [9.17, 15) is 9.59 Å². The smallest absolute Gasteiger partial charge is 0.410 e. The Kier molecular flexibility index (Phi) is 3.78. The Morgan fingerprint density at radius 1 is 1.00 bits per heavy atom. The average molecular weight is 256 g/mol. The Bertz CT molecular complexity index is 597. The number of carbonyl (C=O) groups excluding carboxylic acids is 2. The van der Waals surface area contributed by atoms with Crippen LogP contribution >= 0.6 is 0 Å². The molecule has 0 aromatic heterocycles. The van der Waals surface area contributed by atoms with Gasteiger partial charge >= 0.3 is 6.09 Å². The van der Waals surface area contributed by atoms with Crippen LogP contribution in [0.15, 0.2) is 54.6 Å². The molecule has 0 aliphatic heterocycles. The molecule has 0 heterocycles. The number of anilines is 1. The second-order valence-electron chi connectivity index (χ2n) is 3.77. The molecule has 0 saturated carbocycles. The normalized spacial score (nSPS) is 9.68. The molecule has 0 saturated heterocycles. The fourth-order valence-electron chi connectivity index (χ4n) is 1.49. The van der Waals surface area contributed by atoms with Crippen LogP contribution in [0.1, 0.15) is 10.4 Å². The van der Waals surface area contributed by atoms with E-state index in [2.05, 4.69) is 5.32 Å². The van der Waals surface area contributed by atoms with Crippen molar-refractivity contribution < 1.29 is 14.3 Å².